The van der Waals surface area contributed by atoms with Crippen LogP contribution in [0.1, 0.15) is 22.4 Å². The van der Waals surface area contributed by atoms with Gasteiger partial charge in [0.15, 0.2) is 0 Å². The number of H-pyrrole nitrogens is 1. The Hall–Kier alpha value is -2.43. The Morgan fingerprint density at radius 3 is 2.10 bits per heavy atom. The average Bonchev–Trinajstić information content (AvgIpc) is 2.25. The summed E-state index contributed by atoms with van der Waals surface area (Å²) in [6, 6.07) is 5.58. The van der Waals surface area contributed by atoms with Crippen LogP contribution in [-0.2, 0) is 0 Å². The Morgan fingerprint density at radius 1 is 1.05 bits per heavy atom. The van der Waals surface area contributed by atoms with Gasteiger partial charge in [-0.25, -0.2) is 0 Å². The monoisotopic (exact) mass is 272 g/mol. The molecule has 0 saturated carbocycles. The van der Waals surface area contributed by atoms with E-state index in [0.29, 0.717) is 11.3 Å². The molecule has 0 radical (unpaired) electrons. The molecule has 0 saturated heterocycles. The molecule has 0 fully saturated rings. The van der Waals surface area contributed by atoms with Crippen molar-refractivity contribution < 1.29 is 4.92 Å². The summed E-state index contributed by atoms with van der Waals surface area (Å²) in [5, 5.41) is 11.2. The smallest absolute Gasteiger partial charge is 0.321 e. The predicted octanol–water partition coefficient (Wildman–Crippen LogP) is 3.18. The zero-order chi connectivity index (χ0) is 15.0. The van der Waals surface area contributed by atoms with E-state index < -0.39 is 16.2 Å². The van der Waals surface area contributed by atoms with Crippen molar-refractivity contribution in [3.63, 3.8) is 0 Å². The molecule has 5 nitrogen and oxygen atoms in total. The number of aryl methyl sites for hydroxylation is 4. The third-order valence-corrected chi connectivity index (χ3v) is 3.27. The van der Waals surface area contributed by atoms with Gasteiger partial charge in [0.1, 0.15) is 0 Å². The van der Waals surface area contributed by atoms with Crippen LogP contribution in [0.2, 0.25) is 0 Å². The fourth-order valence-electron chi connectivity index (χ4n) is 2.66. The number of aromatic amines is 1. The molecule has 0 spiro atoms. The Kier molecular flexibility index (Phi) is 3.44. The Labute approximate surface area is 116 Å². The summed E-state index contributed by atoms with van der Waals surface area (Å²) in [6.45, 7) is 7.49. The molecule has 1 aromatic carbocycles. The molecular weight excluding hydrogens is 256 g/mol. The third-order valence-electron chi connectivity index (χ3n) is 3.27. The molecule has 1 N–H and O–H groups in total. The second-order valence-electron chi connectivity index (χ2n) is 5.07. The van der Waals surface area contributed by atoms with Crippen molar-refractivity contribution in [3.8, 4) is 11.1 Å². The summed E-state index contributed by atoms with van der Waals surface area (Å²) in [7, 11) is 0. The molecule has 5 heteroatoms. The highest BCUT2D eigenvalue weighted by Gasteiger charge is 2.23. The molecule has 1 heterocycles. The summed E-state index contributed by atoms with van der Waals surface area (Å²) in [5.74, 6) is 0. The molecule has 0 amide bonds. The van der Waals surface area contributed by atoms with Crippen molar-refractivity contribution in [2.45, 2.75) is 27.7 Å². The number of pyridine rings is 1. The quantitative estimate of drug-likeness (QED) is 0.673. The van der Waals surface area contributed by atoms with E-state index in [9.17, 15) is 14.9 Å². The van der Waals surface area contributed by atoms with E-state index in [1.165, 1.54) is 0 Å². The van der Waals surface area contributed by atoms with Crippen LogP contribution in [0.3, 0.4) is 0 Å². The van der Waals surface area contributed by atoms with E-state index >= 15 is 0 Å². The largest absolute Gasteiger partial charge is 0.341 e. The first-order chi connectivity index (χ1) is 9.31. The van der Waals surface area contributed by atoms with Crippen molar-refractivity contribution in [1.82, 2.24) is 4.98 Å². The average molecular weight is 272 g/mol. The maximum atomic E-state index is 11.9. The molecule has 0 aliphatic carbocycles. The van der Waals surface area contributed by atoms with Crippen LogP contribution in [0.5, 0.6) is 0 Å². The zero-order valence-corrected chi connectivity index (χ0v) is 11.9. The van der Waals surface area contributed by atoms with Gasteiger partial charge in [0.05, 0.1) is 10.5 Å². The molecule has 0 bridgehead atoms. The first-order valence-electron chi connectivity index (χ1n) is 6.27. The highest BCUT2D eigenvalue weighted by Crippen LogP contribution is 2.33. The zero-order valence-electron chi connectivity index (χ0n) is 11.9. The molecule has 0 aliphatic rings. The lowest BCUT2D eigenvalue weighted by molar-refractivity contribution is -0.385. The van der Waals surface area contributed by atoms with Crippen LogP contribution in [0.4, 0.5) is 5.69 Å². The van der Waals surface area contributed by atoms with Gasteiger partial charge < -0.3 is 4.98 Å². The number of benzene rings is 1. The van der Waals surface area contributed by atoms with Gasteiger partial charge in [-0.05, 0) is 50.5 Å². The second kappa shape index (κ2) is 4.92. The van der Waals surface area contributed by atoms with E-state index in [0.717, 1.165) is 22.3 Å². The van der Waals surface area contributed by atoms with Gasteiger partial charge in [-0.1, -0.05) is 17.7 Å². The van der Waals surface area contributed by atoms with Crippen molar-refractivity contribution >= 4 is 5.69 Å². The van der Waals surface area contributed by atoms with Crippen LogP contribution in [0, 0.1) is 37.8 Å². The van der Waals surface area contributed by atoms with E-state index in [-0.39, 0.29) is 0 Å². The third kappa shape index (κ3) is 2.34. The van der Waals surface area contributed by atoms with Gasteiger partial charge in [-0.3, -0.25) is 14.9 Å². The minimum absolute atomic E-state index is 0.381. The molecule has 104 valence electrons. The topological polar surface area (TPSA) is 76.0 Å². The van der Waals surface area contributed by atoms with E-state index in [2.05, 4.69) is 4.98 Å². The molecule has 0 atom stereocenters. The standard InChI is InChI=1S/C15H16N2O3/c1-8-5-9(2)13(10(3)6-8)12-7-11(4)16-15(18)14(12)17(19)20/h5-7H,1-4H3,(H,16,18). The van der Waals surface area contributed by atoms with Crippen LogP contribution in [0.25, 0.3) is 11.1 Å². The number of hydrogen-bond donors (Lipinski definition) is 1. The van der Waals surface area contributed by atoms with Crippen LogP contribution in [0.15, 0.2) is 23.0 Å². The van der Waals surface area contributed by atoms with Crippen molar-refractivity contribution in [1.29, 1.82) is 0 Å². The highest BCUT2D eigenvalue weighted by atomic mass is 16.6. The minimum Gasteiger partial charge on any atom is -0.321 e. The highest BCUT2D eigenvalue weighted by molar-refractivity contribution is 5.78. The molecule has 2 rings (SSSR count). The maximum Gasteiger partial charge on any atom is 0.341 e. The Balaban J connectivity index is 2.89. The fourth-order valence-corrected chi connectivity index (χ4v) is 2.66. The number of aromatic nitrogens is 1. The molecule has 0 aliphatic heterocycles. The number of hydrogen-bond acceptors (Lipinski definition) is 3. The summed E-state index contributed by atoms with van der Waals surface area (Å²) >= 11 is 0. The summed E-state index contributed by atoms with van der Waals surface area (Å²) < 4.78 is 0. The normalized spacial score (nSPS) is 10.6. The van der Waals surface area contributed by atoms with Gasteiger partial charge in [-0.15, -0.1) is 0 Å². The minimum atomic E-state index is -0.663. The molecular formula is C15H16N2O3. The van der Waals surface area contributed by atoms with Gasteiger partial charge in [0, 0.05) is 5.69 Å². The van der Waals surface area contributed by atoms with Gasteiger partial charge >= 0.3 is 11.2 Å². The van der Waals surface area contributed by atoms with Crippen molar-refractivity contribution in [3.05, 3.63) is 61.1 Å². The number of nitrogens with zero attached hydrogens (tertiary/aromatic N) is 1. The van der Waals surface area contributed by atoms with E-state index in [1.54, 1.807) is 13.0 Å². The van der Waals surface area contributed by atoms with E-state index in [4.69, 9.17) is 0 Å². The van der Waals surface area contributed by atoms with Gasteiger partial charge in [-0.2, -0.15) is 0 Å². The lowest BCUT2D eigenvalue weighted by Gasteiger charge is -2.12. The Bertz CT molecular complexity index is 737. The lowest BCUT2D eigenvalue weighted by atomic mass is 9.93. The van der Waals surface area contributed by atoms with E-state index in [1.807, 2.05) is 32.9 Å². The summed E-state index contributed by atoms with van der Waals surface area (Å²) in [5.41, 5.74) is 3.63. The molecule has 0 unspecified atom stereocenters. The van der Waals surface area contributed by atoms with Gasteiger partial charge in [0.2, 0.25) is 0 Å². The van der Waals surface area contributed by atoms with Gasteiger partial charge in [0.25, 0.3) is 0 Å². The SMILES string of the molecule is Cc1cc(C)c(-c2cc(C)[nH]c(=O)c2[N+](=O)[O-])c(C)c1. The van der Waals surface area contributed by atoms with Crippen LogP contribution < -0.4 is 5.56 Å². The van der Waals surface area contributed by atoms with Crippen LogP contribution in [-0.4, -0.2) is 9.91 Å². The lowest BCUT2D eigenvalue weighted by Crippen LogP contribution is -2.14. The number of rotatable bonds is 2. The van der Waals surface area contributed by atoms with Crippen molar-refractivity contribution in [2.75, 3.05) is 0 Å². The van der Waals surface area contributed by atoms with Crippen LogP contribution >= 0.6 is 0 Å². The molecule has 1 aromatic heterocycles. The first kappa shape index (κ1) is 14.0. The second-order valence-corrected chi connectivity index (χ2v) is 5.07. The number of nitrogens with one attached hydrogen (secondary N) is 1. The fraction of sp³-hybridized carbons (Fsp3) is 0.267. The number of nitro groups is 1. The molecule has 20 heavy (non-hydrogen) atoms. The van der Waals surface area contributed by atoms with Crippen molar-refractivity contribution in [2.24, 2.45) is 0 Å². The summed E-state index contributed by atoms with van der Waals surface area (Å²) in [6.07, 6.45) is 0. The summed E-state index contributed by atoms with van der Waals surface area (Å²) in [4.78, 5) is 24.9. The maximum absolute atomic E-state index is 11.9. The first-order valence-corrected chi connectivity index (χ1v) is 6.27. The predicted molar refractivity (Wildman–Crippen MR) is 78.1 cm³/mol. The Morgan fingerprint density at radius 2 is 1.60 bits per heavy atom. The molecule has 2 aromatic rings.